The molecule has 2 aliphatic heterocycles. The van der Waals surface area contributed by atoms with Crippen LogP contribution in [-0.2, 0) is 26.0 Å². The fourth-order valence-electron chi connectivity index (χ4n) is 3.38. The molecule has 0 bridgehead atoms. The molecule has 25 heavy (non-hydrogen) atoms. The monoisotopic (exact) mass is 368 g/mol. The number of amides is 2. The van der Waals surface area contributed by atoms with Gasteiger partial charge in [0.15, 0.2) is 9.84 Å². The van der Waals surface area contributed by atoms with E-state index in [2.05, 4.69) is 0 Å². The van der Waals surface area contributed by atoms with E-state index in [1.165, 1.54) is 15.9 Å². The highest BCUT2D eigenvalue weighted by molar-refractivity contribution is 7.91. The smallest absolute Gasteiger partial charge is 0.242 e. The Morgan fingerprint density at radius 3 is 2.68 bits per heavy atom. The summed E-state index contributed by atoms with van der Waals surface area (Å²) in [5, 5.41) is 0. The van der Waals surface area contributed by atoms with Gasteiger partial charge in [0.25, 0.3) is 0 Å². The molecule has 1 aromatic rings. The summed E-state index contributed by atoms with van der Waals surface area (Å²) in [6.07, 6.45) is 1.49. The fraction of sp³-hybridized carbons (Fsp3) is 0.529. The maximum absolute atomic E-state index is 14.0. The number of halogens is 1. The van der Waals surface area contributed by atoms with Crippen LogP contribution in [0, 0.1) is 5.82 Å². The summed E-state index contributed by atoms with van der Waals surface area (Å²) < 4.78 is 37.6. The van der Waals surface area contributed by atoms with Gasteiger partial charge in [-0.3, -0.25) is 9.59 Å². The van der Waals surface area contributed by atoms with Gasteiger partial charge in [-0.25, -0.2) is 12.8 Å². The first-order valence-corrected chi connectivity index (χ1v) is 10.2. The van der Waals surface area contributed by atoms with Crippen molar-refractivity contribution in [2.45, 2.75) is 31.8 Å². The lowest BCUT2D eigenvalue weighted by molar-refractivity contribution is -0.140. The summed E-state index contributed by atoms with van der Waals surface area (Å²) in [6, 6.07) is 5.66. The molecule has 1 atom stereocenters. The zero-order valence-electron chi connectivity index (χ0n) is 13.9. The Balaban J connectivity index is 1.80. The molecule has 2 saturated heterocycles. The summed E-state index contributed by atoms with van der Waals surface area (Å²) >= 11 is 0. The zero-order valence-corrected chi connectivity index (χ0v) is 14.7. The molecule has 2 fully saturated rings. The highest BCUT2D eigenvalue weighted by atomic mass is 32.2. The van der Waals surface area contributed by atoms with E-state index in [-0.39, 0.29) is 36.4 Å². The molecule has 8 heteroatoms. The first-order chi connectivity index (χ1) is 11.9. The van der Waals surface area contributed by atoms with Gasteiger partial charge in [0.1, 0.15) is 5.82 Å². The van der Waals surface area contributed by atoms with Crippen molar-refractivity contribution < 1.29 is 22.4 Å². The standard InChI is InChI=1S/C17H21FN2O4S/c18-15-5-2-1-4-13(15)10-20(14-7-9-25(23,24)12-14)17(22)11-19-8-3-6-16(19)21/h1-2,4-5,14H,3,6-12H2. The lowest BCUT2D eigenvalue weighted by Gasteiger charge is -2.30. The lowest BCUT2D eigenvalue weighted by atomic mass is 10.1. The number of benzene rings is 1. The van der Waals surface area contributed by atoms with Crippen LogP contribution < -0.4 is 0 Å². The van der Waals surface area contributed by atoms with E-state index < -0.39 is 21.7 Å². The molecule has 3 rings (SSSR count). The van der Waals surface area contributed by atoms with Crippen molar-refractivity contribution in [3.8, 4) is 0 Å². The second-order valence-electron chi connectivity index (χ2n) is 6.59. The third-order valence-electron chi connectivity index (χ3n) is 4.77. The molecule has 1 aromatic carbocycles. The molecular weight excluding hydrogens is 347 g/mol. The van der Waals surface area contributed by atoms with E-state index in [0.29, 0.717) is 24.9 Å². The van der Waals surface area contributed by atoms with Crippen LogP contribution in [-0.4, -0.2) is 60.7 Å². The number of carbonyl (C=O) groups excluding carboxylic acids is 2. The summed E-state index contributed by atoms with van der Waals surface area (Å²) in [4.78, 5) is 27.5. The normalized spacial score (nSPS) is 22.4. The Bertz CT molecular complexity index is 781. The Hall–Kier alpha value is -1.96. The van der Waals surface area contributed by atoms with E-state index in [0.717, 1.165) is 6.42 Å². The third-order valence-corrected chi connectivity index (χ3v) is 6.52. The van der Waals surface area contributed by atoms with Crippen LogP contribution >= 0.6 is 0 Å². The van der Waals surface area contributed by atoms with E-state index >= 15 is 0 Å². The minimum absolute atomic E-state index is 0.00766. The predicted molar refractivity (Wildman–Crippen MR) is 89.8 cm³/mol. The molecule has 2 aliphatic rings. The number of sulfone groups is 1. The average molecular weight is 368 g/mol. The molecule has 6 nitrogen and oxygen atoms in total. The van der Waals surface area contributed by atoms with E-state index in [1.807, 2.05) is 0 Å². The summed E-state index contributed by atoms with van der Waals surface area (Å²) in [7, 11) is -3.18. The molecule has 0 radical (unpaired) electrons. The second-order valence-corrected chi connectivity index (χ2v) is 8.82. The number of nitrogens with zero attached hydrogens (tertiary/aromatic N) is 2. The molecule has 1 unspecified atom stereocenters. The van der Waals surface area contributed by atoms with Gasteiger partial charge in [-0.15, -0.1) is 0 Å². The van der Waals surface area contributed by atoms with Crippen LogP contribution in [0.3, 0.4) is 0 Å². The second kappa shape index (κ2) is 7.11. The van der Waals surface area contributed by atoms with Gasteiger partial charge in [0, 0.05) is 31.1 Å². The van der Waals surface area contributed by atoms with Gasteiger partial charge in [0.05, 0.1) is 18.1 Å². The molecule has 0 aromatic heterocycles. The fourth-order valence-corrected chi connectivity index (χ4v) is 5.11. The number of hydrogen-bond donors (Lipinski definition) is 0. The Kier molecular flexibility index (Phi) is 5.08. The topological polar surface area (TPSA) is 74.8 Å². The highest BCUT2D eigenvalue weighted by Gasteiger charge is 2.36. The van der Waals surface area contributed by atoms with Gasteiger partial charge in [-0.05, 0) is 18.9 Å². The molecule has 0 N–H and O–H groups in total. The molecule has 0 saturated carbocycles. The van der Waals surface area contributed by atoms with Crippen LogP contribution in [0.25, 0.3) is 0 Å². The van der Waals surface area contributed by atoms with Gasteiger partial charge in [0.2, 0.25) is 11.8 Å². The SMILES string of the molecule is O=C1CCCN1CC(=O)N(Cc1ccccc1F)C1CCS(=O)(=O)C1. The molecular formula is C17H21FN2O4S. The Labute approximate surface area is 146 Å². The summed E-state index contributed by atoms with van der Waals surface area (Å²) in [6.45, 7) is 0.457. The van der Waals surface area contributed by atoms with Crippen LogP contribution in [0.15, 0.2) is 24.3 Å². The van der Waals surface area contributed by atoms with Crippen LogP contribution in [0.2, 0.25) is 0 Å². The van der Waals surface area contributed by atoms with Crippen molar-refractivity contribution in [1.29, 1.82) is 0 Å². The minimum Gasteiger partial charge on any atom is -0.333 e. The lowest BCUT2D eigenvalue weighted by Crippen LogP contribution is -2.46. The molecule has 136 valence electrons. The number of likely N-dealkylation sites (tertiary alicyclic amines) is 1. The maximum Gasteiger partial charge on any atom is 0.242 e. The minimum atomic E-state index is -3.18. The van der Waals surface area contributed by atoms with Gasteiger partial charge >= 0.3 is 0 Å². The molecule has 0 aliphatic carbocycles. The van der Waals surface area contributed by atoms with Crippen LogP contribution in [0.5, 0.6) is 0 Å². The number of rotatable bonds is 5. The number of hydrogen-bond acceptors (Lipinski definition) is 4. The van der Waals surface area contributed by atoms with Gasteiger partial charge in [-0.1, -0.05) is 18.2 Å². The highest BCUT2D eigenvalue weighted by Crippen LogP contribution is 2.22. The van der Waals surface area contributed by atoms with E-state index in [9.17, 15) is 22.4 Å². The number of carbonyl (C=O) groups is 2. The van der Waals surface area contributed by atoms with Crippen LogP contribution in [0.4, 0.5) is 4.39 Å². The quantitative estimate of drug-likeness (QED) is 0.776. The average Bonchev–Trinajstić information content (AvgIpc) is 3.12. The summed E-state index contributed by atoms with van der Waals surface area (Å²) in [5.41, 5.74) is 0.341. The van der Waals surface area contributed by atoms with Crippen molar-refractivity contribution >= 4 is 21.7 Å². The van der Waals surface area contributed by atoms with Crippen molar-refractivity contribution in [1.82, 2.24) is 9.80 Å². The van der Waals surface area contributed by atoms with E-state index in [4.69, 9.17) is 0 Å². The third kappa shape index (κ3) is 4.18. The first-order valence-electron chi connectivity index (χ1n) is 8.37. The first kappa shape index (κ1) is 17.8. The largest absolute Gasteiger partial charge is 0.333 e. The van der Waals surface area contributed by atoms with Gasteiger partial charge in [-0.2, -0.15) is 0 Å². The molecule has 2 amide bonds. The van der Waals surface area contributed by atoms with Crippen molar-refractivity contribution in [3.63, 3.8) is 0 Å². The van der Waals surface area contributed by atoms with Crippen LogP contribution in [0.1, 0.15) is 24.8 Å². The Morgan fingerprint density at radius 1 is 1.32 bits per heavy atom. The predicted octanol–water partition coefficient (Wildman–Crippen LogP) is 0.964. The molecule has 0 spiro atoms. The zero-order chi connectivity index (χ0) is 18.0. The Morgan fingerprint density at radius 2 is 2.08 bits per heavy atom. The van der Waals surface area contributed by atoms with Gasteiger partial charge < -0.3 is 9.80 Å². The van der Waals surface area contributed by atoms with Crippen molar-refractivity contribution in [2.75, 3.05) is 24.6 Å². The van der Waals surface area contributed by atoms with E-state index in [1.54, 1.807) is 18.2 Å². The maximum atomic E-state index is 14.0. The summed E-state index contributed by atoms with van der Waals surface area (Å²) in [5.74, 6) is -0.917. The van der Waals surface area contributed by atoms with Crippen molar-refractivity contribution in [2.24, 2.45) is 0 Å². The van der Waals surface area contributed by atoms with Crippen molar-refractivity contribution in [3.05, 3.63) is 35.6 Å². The molecule has 2 heterocycles.